The number of primary amides is 1. The normalized spacial score (nSPS) is 12.9. The summed E-state index contributed by atoms with van der Waals surface area (Å²) in [5.41, 5.74) is 5.88. The van der Waals surface area contributed by atoms with Gasteiger partial charge in [-0.05, 0) is 18.6 Å². The van der Waals surface area contributed by atoms with E-state index in [1.807, 2.05) is 6.92 Å². The molecule has 2 aromatic rings. The van der Waals surface area contributed by atoms with Gasteiger partial charge in [-0.25, -0.2) is 9.07 Å². The summed E-state index contributed by atoms with van der Waals surface area (Å²) in [6.45, 7) is 1.81. The molecule has 0 saturated heterocycles. The van der Waals surface area contributed by atoms with Crippen LogP contribution in [0.5, 0.6) is 0 Å². The van der Waals surface area contributed by atoms with Crippen LogP contribution in [0.25, 0.3) is 11.0 Å². The molecule has 0 aliphatic heterocycles. The van der Waals surface area contributed by atoms with Gasteiger partial charge in [0.1, 0.15) is 11.6 Å². The molecule has 1 unspecified atom stereocenters. The summed E-state index contributed by atoms with van der Waals surface area (Å²) in [4.78, 5) is 11.2. The van der Waals surface area contributed by atoms with Crippen molar-refractivity contribution in [2.45, 2.75) is 19.4 Å². The van der Waals surface area contributed by atoms with Gasteiger partial charge in [-0.2, -0.15) is 0 Å². The van der Waals surface area contributed by atoms with Crippen LogP contribution in [-0.2, 0) is 4.79 Å². The molecule has 0 radical (unpaired) electrons. The molecule has 1 atom stereocenters. The maximum absolute atomic E-state index is 13.3. The van der Waals surface area contributed by atoms with E-state index >= 15 is 0 Å². The molecule has 0 aliphatic carbocycles. The second kappa shape index (κ2) is 3.88. The zero-order valence-electron chi connectivity index (χ0n) is 8.72. The highest BCUT2D eigenvalue weighted by Crippen LogP contribution is 2.19. The summed E-state index contributed by atoms with van der Waals surface area (Å²) >= 11 is 0. The number of carbonyl (C=O) groups excluding carboxylic acids is 1. The maximum atomic E-state index is 13.3. The van der Waals surface area contributed by atoms with Crippen LogP contribution in [0.1, 0.15) is 19.4 Å². The second-order valence-corrected chi connectivity index (χ2v) is 3.47. The van der Waals surface area contributed by atoms with Gasteiger partial charge in [0.15, 0.2) is 5.82 Å². The van der Waals surface area contributed by atoms with Crippen molar-refractivity contribution in [1.82, 2.24) is 15.0 Å². The summed E-state index contributed by atoms with van der Waals surface area (Å²) in [7, 11) is 0. The molecule has 0 aliphatic rings. The largest absolute Gasteiger partial charge is 0.368 e. The summed E-state index contributed by atoms with van der Waals surface area (Å²) < 4.78 is 14.7. The average Bonchev–Trinajstić information content (AvgIpc) is 2.64. The quantitative estimate of drug-likeness (QED) is 0.842. The van der Waals surface area contributed by atoms with Crippen molar-refractivity contribution in [3.63, 3.8) is 0 Å². The Labute approximate surface area is 91.0 Å². The Morgan fingerprint density at radius 3 is 3.00 bits per heavy atom. The van der Waals surface area contributed by atoms with Gasteiger partial charge < -0.3 is 5.73 Å². The van der Waals surface area contributed by atoms with Gasteiger partial charge in [-0.3, -0.25) is 4.79 Å². The molecule has 2 rings (SSSR count). The molecule has 0 fully saturated rings. The monoisotopic (exact) mass is 222 g/mol. The van der Waals surface area contributed by atoms with E-state index in [1.165, 1.54) is 10.7 Å². The first-order valence-electron chi connectivity index (χ1n) is 4.94. The Hall–Kier alpha value is -1.98. The topological polar surface area (TPSA) is 73.8 Å². The fourth-order valence-corrected chi connectivity index (χ4v) is 1.65. The Bertz CT molecular complexity index is 537. The summed E-state index contributed by atoms with van der Waals surface area (Å²) in [6, 6.07) is 3.91. The average molecular weight is 222 g/mol. The number of hydrogen-bond acceptors (Lipinski definition) is 3. The van der Waals surface area contributed by atoms with Gasteiger partial charge in [-0.1, -0.05) is 18.2 Å². The number of hydrogen-bond donors (Lipinski definition) is 1. The van der Waals surface area contributed by atoms with Crippen molar-refractivity contribution in [3.05, 3.63) is 24.0 Å². The number of benzene rings is 1. The lowest BCUT2D eigenvalue weighted by Crippen LogP contribution is -2.26. The van der Waals surface area contributed by atoms with Gasteiger partial charge in [-0.15, -0.1) is 5.10 Å². The lowest BCUT2D eigenvalue weighted by Gasteiger charge is -2.11. The fraction of sp³-hybridized carbons (Fsp3) is 0.300. The highest BCUT2D eigenvalue weighted by molar-refractivity contribution is 5.82. The van der Waals surface area contributed by atoms with E-state index in [1.54, 1.807) is 12.1 Å². The SMILES string of the molecule is CCC(C(N)=O)n1nnc2c(F)cccc21. The summed E-state index contributed by atoms with van der Waals surface area (Å²) in [5, 5.41) is 7.47. The number of aromatic nitrogens is 3. The standard InChI is InChI=1S/C10H11FN4O/c1-2-7(10(12)16)15-8-5-3-4-6(11)9(8)13-14-15/h3-5,7H,2H2,1H3,(H2,12,16). The number of fused-ring (bicyclic) bond motifs is 1. The van der Waals surface area contributed by atoms with E-state index < -0.39 is 17.8 Å². The minimum atomic E-state index is -0.591. The third kappa shape index (κ3) is 1.52. The summed E-state index contributed by atoms with van der Waals surface area (Å²) in [6.07, 6.45) is 0.490. The zero-order valence-corrected chi connectivity index (χ0v) is 8.72. The Balaban J connectivity index is 2.61. The highest BCUT2D eigenvalue weighted by Gasteiger charge is 2.20. The number of nitrogens with two attached hydrogens (primary N) is 1. The Kier molecular flexibility index (Phi) is 2.55. The number of amides is 1. The van der Waals surface area contributed by atoms with Crippen LogP contribution in [0, 0.1) is 5.82 Å². The molecule has 16 heavy (non-hydrogen) atoms. The number of halogens is 1. The molecular formula is C10H11FN4O. The molecule has 84 valence electrons. The van der Waals surface area contributed by atoms with Gasteiger partial charge in [0, 0.05) is 0 Å². The van der Waals surface area contributed by atoms with Crippen molar-refractivity contribution < 1.29 is 9.18 Å². The molecule has 1 heterocycles. The smallest absolute Gasteiger partial charge is 0.242 e. The van der Waals surface area contributed by atoms with Crippen LogP contribution in [-0.4, -0.2) is 20.9 Å². The van der Waals surface area contributed by atoms with E-state index in [0.717, 1.165) is 0 Å². The van der Waals surface area contributed by atoms with E-state index in [2.05, 4.69) is 10.3 Å². The number of carbonyl (C=O) groups is 1. The van der Waals surface area contributed by atoms with Crippen LogP contribution >= 0.6 is 0 Å². The zero-order chi connectivity index (χ0) is 11.7. The molecule has 1 aromatic carbocycles. The molecule has 2 N–H and O–H groups in total. The first-order chi connectivity index (χ1) is 7.65. The molecule has 0 spiro atoms. The second-order valence-electron chi connectivity index (χ2n) is 3.47. The molecule has 5 nitrogen and oxygen atoms in total. The Morgan fingerprint density at radius 1 is 1.62 bits per heavy atom. The fourth-order valence-electron chi connectivity index (χ4n) is 1.65. The van der Waals surface area contributed by atoms with E-state index in [-0.39, 0.29) is 5.52 Å². The van der Waals surface area contributed by atoms with Crippen molar-refractivity contribution in [2.75, 3.05) is 0 Å². The first kappa shape index (κ1) is 10.5. The third-order valence-electron chi connectivity index (χ3n) is 2.46. The van der Waals surface area contributed by atoms with E-state index in [9.17, 15) is 9.18 Å². The van der Waals surface area contributed by atoms with Crippen molar-refractivity contribution in [3.8, 4) is 0 Å². The van der Waals surface area contributed by atoms with Crippen LogP contribution in [0.15, 0.2) is 18.2 Å². The van der Waals surface area contributed by atoms with E-state index in [0.29, 0.717) is 11.9 Å². The highest BCUT2D eigenvalue weighted by atomic mass is 19.1. The molecule has 1 amide bonds. The van der Waals surface area contributed by atoms with Crippen LogP contribution in [0.2, 0.25) is 0 Å². The van der Waals surface area contributed by atoms with E-state index in [4.69, 9.17) is 5.73 Å². The number of nitrogens with zero attached hydrogens (tertiary/aromatic N) is 3. The lowest BCUT2D eigenvalue weighted by molar-refractivity contribution is -0.121. The molecule has 1 aromatic heterocycles. The van der Waals surface area contributed by atoms with Crippen molar-refractivity contribution in [1.29, 1.82) is 0 Å². The molecule has 0 bridgehead atoms. The van der Waals surface area contributed by atoms with Gasteiger partial charge >= 0.3 is 0 Å². The third-order valence-corrected chi connectivity index (χ3v) is 2.46. The lowest BCUT2D eigenvalue weighted by atomic mass is 10.2. The Morgan fingerprint density at radius 2 is 2.38 bits per heavy atom. The first-order valence-corrected chi connectivity index (χ1v) is 4.94. The molecule has 6 heteroatoms. The van der Waals surface area contributed by atoms with Gasteiger partial charge in [0.2, 0.25) is 5.91 Å². The predicted octanol–water partition coefficient (Wildman–Crippen LogP) is 1.01. The van der Waals surface area contributed by atoms with Gasteiger partial charge in [0.25, 0.3) is 0 Å². The van der Waals surface area contributed by atoms with Crippen LogP contribution < -0.4 is 5.73 Å². The minimum absolute atomic E-state index is 0.155. The predicted molar refractivity (Wildman–Crippen MR) is 56.0 cm³/mol. The number of rotatable bonds is 3. The van der Waals surface area contributed by atoms with Gasteiger partial charge in [0.05, 0.1) is 5.52 Å². The maximum Gasteiger partial charge on any atom is 0.242 e. The van der Waals surface area contributed by atoms with Crippen LogP contribution in [0.4, 0.5) is 4.39 Å². The summed E-state index contributed by atoms with van der Waals surface area (Å²) in [5.74, 6) is -0.957. The van der Waals surface area contributed by atoms with Crippen LogP contribution in [0.3, 0.4) is 0 Å². The van der Waals surface area contributed by atoms with Crippen molar-refractivity contribution >= 4 is 16.9 Å². The minimum Gasteiger partial charge on any atom is -0.368 e. The molecule has 0 saturated carbocycles. The van der Waals surface area contributed by atoms with Crippen molar-refractivity contribution in [2.24, 2.45) is 5.73 Å². The molecular weight excluding hydrogens is 211 g/mol.